The van der Waals surface area contributed by atoms with E-state index < -0.39 is 6.61 Å². The summed E-state index contributed by atoms with van der Waals surface area (Å²) >= 11 is 1.44. The summed E-state index contributed by atoms with van der Waals surface area (Å²) in [6.07, 6.45) is 0.0773. The molecule has 6 heteroatoms. The SMILES string of the molecule is Cc1nc(CC(=O)c2ccccc2OC(F)F)cs1. The van der Waals surface area contributed by atoms with Gasteiger partial charge in [-0.05, 0) is 19.1 Å². The number of ketones is 1. The first kappa shape index (κ1) is 13.6. The monoisotopic (exact) mass is 283 g/mol. The zero-order valence-corrected chi connectivity index (χ0v) is 10.9. The Hall–Kier alpha value is -1.82. The Kier molecular flexibility index (Phi) is 4.21. The number of nitrogens with zero attached hydrogens (tertiary/aromatic N) is 1. The second-order valence-corrected chi connectivity index (χ2v) is 4.89. The fraction of sp³-hybridized carbons (Fsp3) is 0.231. The number of halogens is 2. The number of hydrogen-bond acceptors (Lipinski definition) is 4. The van der Waals surface area contributed by atoms with Crippen LogP contribution < -0.4 is 4.74 Å². The lowest BCUT2D eigenvalue weighted by Crippen LogP contribution is -2.10. The van der Waals surface area contributed by atoms with Crippen LogP contribution in [-0.2, 0) is 6.42 Å². The van der Waals surface area contributed by atoms with E-state index >= 15 is 0 Å². The molecule has 0 saturated carbocycles. The quantitative estimate of drug-likeness (QED) is 0.789. The molecule has 0 atom stereocenters. The fourth-order valence-electron chi connectivity index (χ4n) is 1.64. The lowest BCUT2D eigenvalue weighted by atomic mass is 10.1. The molecule has 3 nitrogen and oxygen atoms in total. The highest BCUT2D eigenvalue weighted by molar-refractivity contribution is 7.09. The fourth-order valence-corrected chi connectivity index (χ4v) is 2.26. The van der Waals surface area contributed by atoms with Crippen molar-refractivity contribution in [1.82, 2.24) is 4.98 Å². The highest BCUT2D eigenvalue weighted by Crippen LogP contribution is 2.22. The first-order chi connectivity index (χ1) is 9.06. The molecule has 0 N–H and O–H groups in total. The van der Waals surface area contributed by atoms with Gasteiger partial charge in [0.2, 0.25) is 0 Å². The maximum absolute atomic E-state index is 12.2. The van der Waals surface area contributed by atoms with Crippen LogP contribution in [0.2, 0.25) is 0 Å². The van der Waals surface area contributed by atoms with Crippen LogP contribution in [0.5, 0.6) is 5.75 Å². The van der Waals surface area contributed by atoms with Crippen LogP contribution in [0.15, 0.2) is 29.6 Å². The van der Waals surface area contributed by atoms with Crippen molar-refractivity contribution in [3.05, 3.63) is 45.9 Å². The minimum absolute atomic E-state index is 0.0773. The molecule has 0 amide bonds. The average molecular weight is 283 g/mol. The van der Waals surface area contributed by atoms with Crippen LogP contribution in [0.1, 0.15) is 21.1 Å². The van der Waals surface area contributed by atoms with Crippen molar-refractivity contribution in [3.63, 3.8) is 0 Å². The van der Waals surface area contributed by atoms with Gasteiger partial charge in [0.1, 0.15) is 5.75 Å². The number of carbonyl (C=O) groups is 1. The molecule has 0 spiro atoms. The number of Topliss-reactive ketones (excluding diaryl/α,β-unsaturated/α-hetero) is 1. The van der Waals surface area contributed by atoms with Crippen LogP contribution in [-0.4, -0.2) is 17.4 Å². The molecule has 0 bridgehead atoms. The Morgan fingerprint density at radius 2 is 2.16 bits per heavy atom. The summed E-state index contributed by atoms with van der Waals surface area (Å²) < 4.78 is 28.8. The number of ether oxygens (including phenoxy) is 1. The van der Waals surface area contributed by atoms with Gasteiger partial charge in [-0.2, -0.15) is 8.78 Å². The Balaban J connectivity index is 2.18. The van der Waals surface area contributed by atoms with E-state index in [4.69, 9.17) is 0 Å². The molecule has 1 aromatic heterocycles. The second kappa shape index (κ2) is 5.88. The number of para-hydroxylation sites is 1. The van der Waals surface area contributed by atoms with Gasteiger partial charge in [-0.1, -0.05) is 12.1 Å². The Bertz CT molecular complexity index is 584. The molecule has 0 aliphatic rings. The molecule has 0 saturated heterocycles. The minimum atomic E-state index is -2.95. The van der Waals surface area contributed by atoms with Gasteiger partial charge in [0, 0.05) is 5.38 Å². The van der Waals surface area contributed by atoms with Crippen LogP contribution in [0.3, 0.4) is 0 Å². The molecule has 1 aromatic carbocycles. The molecule has 19 heavy (non-hydrogen) atoms. The van der Waals surface area contributed by atoms with E-state index in [-0.39, 0.29) is 23.5 Å². The van der Waals surface area contributed by atoms with E-state index in [0.717, 1.165) is 5.01 Å². The van der Waals surface area contributed by atoms with Crippen LogP contribution in [0, 0.1) is 6.92 Å². The Morgan fingerprint density at radius 3 is 2.79 bits per heavy atom. The van der Waals surface area contributed by atoms with Crippen molar-refractivity contribution in [1.29, 1.82) is 0 Å². The lowest BCUT2D eigenvalue weighted by molar-refractivity contribution is -0.0501. The van der Waals surface area contributed by atoms with E-state index in [1.54, 1.807) is 17.5 Å². The summed E-state index contributed by atoms with van der Waals surface area (Å²) in [5, 5.41) is 2.64. The summed E-state index contributed by atoms with van der Waals surface area (Å²) in [7, 11) is 0. The molecule has 0 aliphatic carbocycles. The molecule has 2 aromatic rings. The molecular weight excluding hydrogens is 272 g/mol. The molecular formula is C13H11F2NO2S. The third-order valence-electron chi connectivity index (χ3n) is 2.41. The normalized spacial score (nSPS) is 10.7. The van der Waals surface area contributed by atoms with Crippen LogP contribution in [0.25, 0.3) is 0 Å². The van der Waals surface area contributed by atoms with Gasteiger partial charge in [0.15, 0.2) is 5.78 Å². The highest BCUT2D eigenvalue weighted by atomic mass is 32.1. The molecule has 0 fully saturated rings. The maximum Gasteiger partial charge on any atom is 0.387 e. The number of carbonyl (C=O) groups excluding carboxylic acids is 1. The molecule has 0 radical (unpaired) electrons. The van der Waals surface area contributed by atoms with Crippen molar-refractivity contribution in [2.75, 3.05) is 0 Å². The summed E-state index contributed by atoms with van der Waals surface area (Å²) in [5.41, 5.74) is 0.785. The van der Waals surface area contributed by atoms with Crippen LogP contribution >= 0.6 is 11.3 Å². The van der Waals surface area contributed by atoms with Gasteiger partial charge in [-0.25, -0.2) is 4.98 Å². The zero-order valence-electron chi connectivity index (χ0n) is 10.1. The predicted octanol–water partition coefficient (Wildman–Crippen LogP) is 3.48. The van der Waals surface area contributed by atoms with Gasteiger partial charge in [0.05, 0.1) is 22.7 Å². The van der Waals surface area contributed by atoms with Crippen molar-refractivity contribution in [2.45, 2.75) is 20.0 Å². The summed E-state index contributed by atoms with van der Waals surface area (Å²) in [6, 6.07) is 5.98. The predicted molar refractivity (Wildman–Crippen MR) is 68.0 cm³/mol. The first-order valence-electron chi connectivity index (χ1n) is 5.54. The number of thiazole rings is 1. The average Bonchev–Trinajstić information content (AvgIpc) is 2.74. The number of hydrogen-bond donors (Lipinski definition) is 0. The van der Waals surface area contributed by atoms with Gasteiger partial charge in [-0.3, -0.25) is 4.79 Å². The molecule has 1 heterocycles. The standard InChI is InChI=1S/C13H11F2NO2S/c1-8-16-9(7-19-8)6-11(17)10-4-2-3-5-12(10)18-13(14)15/h2-5,7,13H,6H2,1H3. The number of aromatic nitrogens is 1. The summed E-state index contributed by atoms with van der Waals surface area (Å²) in [4.78, 5) is 16.2. The van der Waals surface area contributed by atoms with Crippen molar-refractivity contribution in [3.8, 4) is 5.75 Å². The van der Waals surface area contributed by atoms with E-state index in [0.29, 0.717) is 5.69 Å². The van der Waals surface area contributed by atoms with Gasteiger partial charge in [-0.15, -0.1) is 11.3 Å². The third-order valence-corrected chi connectivity index (χ3v) is 3.23. The van der Waals surface area contributed by atoms with Crippen molar-refractivity contribution in [2.24, 2.45) is 0 Å². The number of rotatable bonds is 5. The molecule has 100 valence electrons. The molecule has 0 unspecified atom stereocenters. The summed E-state index contributed by atoms with van der Waals surface area (Å²) in [6.45, 7) is -1.11. The maximum atomic E-state index is 12.2. The minimum Gasteiger partial charge on any atom is -0.434 e. The van der Waals surface area contributed by atoms with E-state index in [2.05, 4.69) is 9.72 Å². The van der Waals surface area contributed by atoms with Crippen molar-refractivity contribution >= 4 is 17.1 Å². The first-order valence-corrected chi connectivity index (χ1v) is 6.42. The van der Waals surface area contributed by atoms with Crippen molar-refractivity contribution < 1.29 is 18.3 Å². The van der Waals surface area contributed by atoms with E-state index in [9.17, 15) is 13.6 Å². The second-order valence-electron chi connectivity index (χ2n) is 3.83. The van der Waals surface area contributed by atoms with E-state index in [1.165, 1.54) is 23.5 Å². The van der Waals surface area contributed by atoms with E-state index in [1.807, 2.05) is 6.92 Å². The zero-order chi connectivity index (χ0) is 13.8. The topological polar surface area (TPSA) is 39.2 Å². The van der Waals surface area contributed by atoms with Gasteiger partial charge >= 0.3 is 6.61 Å². The number of alkyl halides is 2. The molecule has 2 rings (SSSR count). The van der Waals surface area contributed by atoms with Gasteiger partial charge in [0.25, 0.3) is 0 Å². The lowest BCUT2D eigenvalue weighted by Gasteiger charge is -2.08. The van der Waals surface area contributed by atoms with Gasteiger partial charge < -0.3 is 4.74 Å². The largest absolute Gasteiger partial charge is 0.434 e. The smallest absolute Gasteiger partial charge is 0.387 e. The van der Waals surface area contributed by atoms with Crippen LogP contribution in [0.4, 0.5) is 8.78 Å². The Labute approximate surface area is 112 Å². The third kappa shape index (κ3) is 3.57. The molecule has 0 aliphatic heterocycles. The number of aryl methyl sites for hydroxylation is 1. The number of benzene rings is 1. The summed E-state index contributed by atoms with van der Waals surface area (Å²) in [5.74, 6) is -0.393. The Morgan fingerprint density at radius 1 is 1.42 bits per heavy atom. The highest BCUT2D eigenvalue weighted by Gasteiger charge is 2.16.